The van der Waals surface area contributed by atoms with Crippen molar-refractivity contribution >= 4 is 40.4 Å². The van der Waals surface area contributed by atoms with Crippen LogP contribution in [0.1, 0.15) is 23.3 Å². The molecule has 0 bridgehead atoms. The molecule has 1 aromatic carbocycles. The second kappa shape index (κ2) is 7.62. The first-order valence-electron chi connectivity index (χ1n) is 7.53. The number of carbonyl (C=O) groups excluding carboxylic acids is 1. The molecule has 1 unspecified atom stereocenters. The number of thiazole rings is 1. The van der Waals surface area contributed by atoms with Gasteiger partial charge in [-0.05, 0) is 44.0 Å². The van der Waals surface area contributed by atoms with Gasteiger partial charge in [-0.1, -0.05) is 29.3 Å². The first-order chi connectivity index (χ1) is 11.1. The van der Waals surface area contributed by atoms with Crippen LogP contribution in [0.3, 0.4) is 0 Å². The summed E-state index contributed by atoms with van der Waals surface area (Å²) in [6, 6.07) is 5.34. The number of benzene rings is 1. The van der Waals surface area contributed by atoms with E-state index in [-0.39, 0.29) is 5.91 Å². The van der Waals surface area contributed by atoms with E-state index in [0.717, 1.165) is 30.1 Å². The van der Waals surface area contributed by atoms with Crippen LogP contribution in [0.2, 0.25) is 10.0 Å². The number of halogens is 2. The fraction of sp³-hybridized carbons (Fsp3) is 0.375. The minimum Gasteiger partial charge on any atom is -0.350 e. The molecule has 2 heterocycles. The Hall–Kier alpha value is -1.14. The monoisotopic (exact) mass is 369 g/mol. The number of hydrogen-bond donors (Lipinski definition) is 2. The molecule has 0 saturated carbocycles. The predicted octanol–water partition coefficient (Wildman–Crippen LogP) is 3.85. The number of nitrogens with zero attached hydrogens (tertiary/aromatic N) is 1. The summed E-state index contributed by atoms with van der Waals surface area (Å²) in [6.45, 7) is 2.72. The lowest BCUT2D eigenvalue weighted by atomic mass is 10.00. The fourth-order valence-corrected chi connectivity index (χ4v) is 3.66. The van der Waals surface area contributed by atoms with Gasteiger partial charge in [-0.2, -0.15) is 0 Å². The summed E-state index contributed by atoms with van der Waals surface area (Å²) in [4.78, 5) is 16.6. The summed E-state index contributed by atoms with van der Waals surface area (Å²) < 4.78 is 0. The van der Waals surface area contributed by atoms with Crippen molar-refractivity contribution in [3.8, 4) is 10.6 Å². The largest absolute Gasteiger partial charge is 0.350 e. The third kappa shape index (κ3) is 4.23. The molecule has 1 aliphatic rings. The van der Waals surface area contributed by atoms with Crippen LogP contribution in [0.25, 0.3) is 10.6 Å². The topological polar surface area (TPSA) is 54.0 Å². The maximum atomic E-state index is 12.2. The first-order valence-corrected chi connectivity index (χ1v) is 9.17. The second-order valence-corrected chi connectivity index (χ2v) is 7.26. The van der Waals surface area contributed by atoms with E-state index in [9.17, 15) is 4.79 Å². The van der Waals surface area contributed by atoms with E-state index < -0.39 is 0 Å². The molecule has 2 aromatic rings. The van der Waals surface area contributed by atoms with E-state index in [0.29, 0.717) is 28.2 Å². The van der Waals surface area contributed by atoms with Gasteiger partial charge in [0.1, 0.15) is 10.7 Å². The Bertz CT molecular complexity index is 698. The number of nitrogens with one attached hydrogen (secondary N) is 2. The molecule has 1 fully saturated rings. The lowest BCUT2D eigenvalue weighted by Crippen LogP contribution is -2.38. The van der Waals surface area contributed by atoms with Gasteiger partial charge < -0.3 is 10.6 Å². The van der Waals surface area contributed by atoms with E-state index in [1.165, 1.54) is 17.8 Å². The average Bonchev–Trinajstić information content (AvgIpc) is 3.06. The number of rotatable bonds is 4. The predicted molar refractivity (Wildman–Crippen MR) is 95.5 cm³/mol. The van der Waals surface area contributed by atoms with Crippen molar-refractivity contribution in [2.75, 3.05) is 19.6 Å². The molecule has 1 aliphatic heterocycles. The van der Waals surface area contributed by atoms with Gasteiger partial charge in [0.25, 0.3) is 5.91 Å². The Kier molecular flexibility index (Phi) is 5.54. The highest BCUT2D eigenvalue weighted by atomic mass is 35.5. The van der Waals surface area contributed by atoms with E-state index in [1.54, 1.807) is 17.5 Å². The maximum absolute atomic E-state index is 12.2. The summed E-state index contributed by atoms with van der Waals surface area (Å²) >= 11 is 13.4. The van der Waals surface area contributed by atoms with Gasteiger partial charge in [0.05, 0.1) is 10.0 Å². The highest BCUT2D eigenvalue weighted by molar-refractivity contribution is 7.13. The second-order valence-electron chi connectivity index (χ2n) is 5.59. The maximum Gasteiger partial charge on any atom is 0.270 e. The zero-order valence-corrected chi connectivity index (χ0v) is 14.8. The standard InChI is InChI=1S/C16H17Cl2N3OS/c17-12-4-3-11(6-13(12)18)16-21-14(9-23-16)15(22)20-8-10-2-1-5-19-7-10/h3-4,6,9-10,19H,1-2,5,7-8H2,(H,20,22). The van der Waals surface area contributed by atoms with Crippen molar-refractivity contribution in [2.45, 2.75) is 12.8 Å². The first kappa shape index (κ1) is 16.7. The number of hydrogen-bond acceptors (Lipinski definition) is 4. The zero-order valence-electron chi connectivity index (χ0n) is 12.4. The summed E-state index contributed by atoms with van der Waals surface area (Å²) in [7, 11) is 0. The third-order valence-electron chi connectivity index (χ3n) is 3.85. The van der Waals surface area contributed by atoms with Gasteiger partial charge in [-0.25, -0.2) is 4.98 Å². The molecule has 0 radical (unpaired) electrons. The van der Waals surface area contributed by atoms with Crippen LogP contribution in [0, 0.1) is 5.92 Å². The van der Waals surface area contributed by atoms with Gasteiger partial charge in [0, 0.05) is 17.5 Å². The van der Waals surface area contributed by atoms with Crippen molar-refractivity contribution in [1.29, 1.82) is 0 Å². The van der Waals surface area contributed by atoms with Crippen LogP contribution in [0.15, 0.2) is 23.6 Å². The number of carbonyl (C=O) groups is 1. The van der Waals surface area contributed by atoms with Gasteiger partial charge in [-0.15, -0.1) is 11.3 Å². The molecule has 1 amide bonds. The summed E-state index contributed by atoms with van der Waals surface area (Å²) in [5.41, 5.74) is 1.31. The highest BCUT2D eigenvalue weighted by Crippen LogP contribution is 2.30. The Balaban J connectivity index is 1.63. The van der Waals surface area contributed by atoms with Crippen LogP contribution in [0.5, 0.6) is 0 Å². The molecular formula is C16H17Cl2N3OS. The van der Waals surface area contributed by atoms with Crippen LogP contribution < -0.4 is 10.6 Å². The highest BCUT2D eigenvalue weighted by Gasteiger charge is 2.16. The van der Waals surface area contributed by atoms with Crippen molar-refractivity contribution in [3.63, 3.8) is 0 Å². The van der Waals surface area contributed by atoms with Crippen molar-refractivity contribution < 1.29 is 4.79 Å². The van der Waals surface area contributed by atoms with Crippen LogP contribution >= 0.6 is 34.5 Å². The minimum absolute atomic E-state index is 0.127. The van der Waals surface area contributed by atoms with Gasteiger partial charge in [0.15, 0.2) is 0 Å². The molecule has 1 atom stereocenters. The van der Waals surface area contributed by atoms with Crippen molar-refractivity contribution in [3.05, 3.63) is 39.3 Å². The normalized spacial score (nSPS) is 17.9. The van der Waals surface area contributed by atoms with E-state index in [4.69, 9.17) is 23.2 Å². The number of piperidine rings is 1. The van der Waals surface area contributed by atoms with E-state index >= 15 is 0 Å². The molecular weight excluding hydrogens is 353 g/mol. The van der Waals surface area contributed by atoms with Crippen molar-refractivity contribution in [1.82, 2.24) is 15.6 Å². The Morgan fingerprint density at radius 2 is 2.26 bits per heavy atom. The molecule has 2 N–H and O–H groups in total. The lowest BCUT2D eigenvalue weighted by molar-refractivity contribution is 0.0940. The minimum atomic E-state index is -0.127. The van der Waals surface area contributed by atoms with Gasteiger partial charge >= 0.3 is 0 Å². The SMILES string of the molecule is O=C(NCC1CCCNC1)c1csc(-c2ccc(Cl)c(Cl)c2)n1. The van der Waals surface area contributed by atoms with Crippen LogP contribution in [-0.2, 0) is 0 Å². The Morgan fingerprint density at radius 1 is 1.39 bits per heavy atom. The molecule has 122 valence electrons. The van der Waals surface area contributed by atoms with E-state index in [2.05, 4.69) is 15.6 Å². The summed E-state index contributed by atoms with van der Waals surface area (Å²) in [5.74, 6) is 0.374. The van der Waals surface area contributed by atoms with Gasteiger partial charge in [-0.3, -0.25) is 4.79 Å². The molecule has 3 rings (SSSR count). The van der Waals surface area contributed by atoms with Crippen molar-refractivity contribution in [2.24, 2.45) is 5.92 Å². The average molecular weight is 370 g/mol. The van der Waals surface area contributed by atoms with Crippen LogP contribution in [-0.4, -0.2) is 30.5 Å². The van der Waals surface area contributed by atoms with Gasteiger partial charge in [0.2, 0.25) is 0 Å². The molecule has 4 nitrogen and oxygen atoms in total. The molecule has 23 heavy (non-hydrogen) atoms. The van der Waals surface area contributed by atoms with E-state index in [1.807, 2.05) is 6.07 Å². The molecule has 0 aliphatic carbocycles. The number of aromatic nitrogens is 1. The molecule has 7 heteroatoms. The van der Waals surface area contributed by atoms with Crippen LogP contribution in [0.4, 0.5) is 0 Å². The third-order valence-corrected chi connectivity index (χ3v) is 5.48. The smallest absolute Gasteiger partial charge is 0.270 e. The Morgan fingerprint density at radius 3 is 3.00 bits per heavy atom. The number of amides is 1. The lowest BCUT2D eigenvalue weighted by Gasteiger charge is -2.22. The quantitative estimate of drug-likeness (QED) is 0.860. The fourth-order valence-electron chi connectivity index (χ4n) is 2.57. The Labute approximate surface area is 149 Å². The summed E-state index contributed by atoms with van der Waals surface area (Å²) in [6.07, 6.45) is 2.32. The molecule has 0 spiro atoms. The molecule has 1 aromatic heterocycles. The summed E-state index contributed by atoms with van der Waals surface area (Å²) in [5, 5.41) is 9.83. The zero-order chi connectivity index (χ0) is 16.2. The molecule has 1 saturated heterocycles.